The molecule has 0 aliphatic heterocycles. The molecular formula is C46H33N3. The Hall–Kier alpha value is -6.19. The van der Waals surface area contributed by atoms with Crippen LogP contribution in [0.3, 0.4) is 0 Å². The second-order valence-electron chi connectivity index (χ2n) is 12.7. The van der Waals surface area contributed by atoms with Crippen LogP contribution in [-0.2, 0) is 5.41 Å². The lowest BCUT2D eigenvalue weighted by Gasteiger charge is -2.33. The molecule has 49 heavy (non-hydrogen) atoms. The lowest BCUT2D eigenvalue weighted by atomic mass is 9.67. The van der Waals surface area contributed by atoms with Gasteiger partial charge in [-0.05, 0) is 50.9 Å². The Labute approximate surface area is 287 Å². The smallest absolute Gasteiger partial charge is 0.164 e. The summed E-state index contributed by atoms with van der Waals surface area (Å²) in [5, 5.41) is 0. The van der Waals surface area contributed by atoms with Gasteiger partial charge in [0.2, 0.25) is 0 Å². The van der Waals surface area contributed by atoms with Gasteiger partial charge >= 0.3 is 0 Å². The second-order valence-corrected chi connectivity index (χ2v) is 12.7. The van der Waals surface area contributed by atoms with Gasteiger partial charge in [-0.3, -0.25) is 0 Å². The summed E-state index contributed by atoms with van der Waals surface area (Å²) in [6.07, 6.45) is 9.42. The predicted octanol–water partition coefficient (Wildman–Crippen LogP) is 10.8. The zero-order valence-corrected chi connectivity index (χ0v) is 26.9. The molecule has 1 aromatic heterocycles. The van der Waals surface area contributed by atoms with E-state index in [1.807, 2.05) is 6.07 Å². The molecule has 6 aromatic carbocycles. The monoisotopic (exact) mass is 627 g/mol. The van der Waals surface area contributed by atoms with E-state index in [9.17, 15) is 0 Å². The number of rotatable bonds is 6. The lowest BCUT2D eigenvalue weighted by Crippen LogP contribution is -2.28. The van der Waals surface area contributed by atoms with Gasteiger partial charge in [0.25, 0.3) is 0 Å². The van der Waals surface area contributed by atoms with Gasteiger partial charge in [0.15, 0.2) is 11.6 Å². The first-order valence-corrected chi connectivity index (χ1v) is 16.9. The SMILES string of the molecule is C1=CCC(c2nc(-c3ccc(-c4ccccc4)cc3)nc(-c3cccc4c3-c3ccccc3C4(c3ccccc3)c3ccccc3)n2)C=C1. The van der Waals surface area contributed by atoms with Gasteiger partial charge in [-0.2, -0.15) is 0 Å². The van der Waals surface area contributed by atoms with Crippen molar-refractivity contribution in [2.45, 2.75) is 17.8 Å². The van der Waals surface area contributed by atoms with Crippen molar-refractivity contribution in [1.82, 2.24) is 15.0 Å². The number of nitrogens with zero attached hydrogens (tertiary/aromatic N) is 3. The molecule has 3 heteroatoms. The molecule has 0 fully saturated rings. The Morgan fingerprint density at radius 1 is 0.449 bits per heavy atom. The normalized spacial score (nSPS) is 15.5. The zero-order valence-electron chi connectivity index (χ0n) is 26.9. The fourth-order valence-corrected chi connectivity index (χ4v) is 7.70. The number of hydrogen-bond donors (Lipinski definition) is 0. The molecule has 7 aromatic rings. The largest absolute Gasteiger partial charge is 0.212 e. The third kappa shape index (κ3) is 4.86. The molecule has 0 amide bonds. The van der Waals surface area contributed by atoms with Crippen molar-refractivity contribution >= 4 is 0 Å². The van der Waals surface area contributed by atoms with E-state index >= 15 is 0 Å². The molecule has 0 saturated carbocycles. The summed E-state index contributed by atoms with van der Waals surface area (Å²) in [5.74, 6) is 2.24. The molecule has 0 N–H and O–H groups in total. The van der Waals surface area contributed by atoms with E-state index in [0.717, 1.165) is 28.9 Å². The van der Waals surface area contributed by atoms with Crippen molar-refractivity contribution in [2.24, 2.45) is 0 Å². The van der Waals surface area contributed by atoms with Crippen LogP contribution in [0.4, 0.5) is 0 Å². The second kappa shape index (κ2) is 12.1. The molecule has 9 rings (SSSR count). The van der Waals surface area contributed by atoms with Crippen LogP contribution < -0.4 is 0 Å². The third-order valence-corrected chi connectivity index (χ3v) is 9.94. The Balaban J connectivity index is 1.27. The number of allylic oxidation sites excluding steroid dienone is 4. The van der Waals surface area contributed by atoms with Crippen LogP contribution in [0.5, 0.6) is 0 Å². The van der Waals surface area contributed by atoms with Crippen molar-refractivity contribution in [2.75, 3.05) is 0 Å². The maximum Gasteiger partial charge on any atom is 0.164 e. The third-order valence-electron chi connectivity index (χ3n) is 9.94. The summed E-state index contributed by atoms with van der Waals surface area (Å²) in [7, 11) is 0. The Bertz CT molecular complexity index is 2300. The Morgan fingerprint density at radius 3 is 1.71 bits per heavy atom. The molecule has 0 saturated heterocycles. The predicted molar refractivity (Wildman–Crippen MR) is 199 cm³/mol. The highest BCUT2D eigenvalue weighted by molar-refractivity contribution is 5.94. The van der Waals surface area contributed by atoms with Crippen LogP contribution in [0.1, 0.15) is 40.4 Å². The van der Waals surface area contributed by atoms with Gasteiger partial charge in [-0.25, -0.2) is 15.0 Å². The molecular weight excluding hydrogens is 595 g/mol. The van der Waals surface area contributed by atoms with E-state index in [2.05, 4.69) is 176 Å². The van der Waals surface area contributed by atoms with E-state index < -0.39 is 5.41 Å². The Kier molecular flexibility index (Phi) is 7.17. The van der Waals surface area contributed by atoms with Crippen molar-refractivity contribution in [3.63, 3.8) is 0 Å². The summed E-state index contributed by atoms with van der Waals surface area (Å²) < 4.78 is 0. The summed E-state index contributed by atoms with van der Waals surface area (Å²) in [6, 6.07) is 56.3. The molecule has 1 unspecified atom stereocenters. The first-order valence-electron chi connectivity index (χ1n) is 16.9. The van der Waals surface area contributed by atoms with Crippen molar-refractivity contribution in [3.8, 4) is 45.0 Å². The Morgan fingerprint density at radius 2 is 1.02 bits per heavy atom. The van der Waals surface area contributed by atoms with Crippen LogP contribution in [0, 0.1) is 0 Å². The van der Waals surface area contributed by atoms with Crippen molar-refractivity contribution in [1.29, 1.82) is 0 Å². The van der Waals surface area contributed by atoms with Crippen molar-refractivity contribution < 1.29 is 0 Å². The van der Waals surface area contributed by atoms with Gasteiger partial charge in [0.05, 0.1) is 5.41 Å². The summed E-state index contributed by atoms with van der Waals surface area (Å²) in [4.78, 5) is 15.6. The highest BCUT2D eigenvalue weighted by Crippen LogP contribution is 2.58. The molecule has 2 aliphatic rings. The quantitative estimate of drug-likeness (QED) is 0.184. The topological polar surface area (TPSA) is 38.7 Å². The van der Waals surface area contributed by atoms with Gasteiger partial charge in [0.1, 0.15) is 5.82 Å². The first kappa shape index (κ1) is 29.0. The van der Waals surface area contributed by atoms with Crippen LogP contribution in [0.15, 0.2) is 182 Å². The standard InChI is InChI=1S/C46H33N3/c1-5-16-32(17-6-1)33-28-30-35(31-29-33)44-47-43(34-18-7-2-8-19-34)48-45(49-44)39-25-15-27-41-42(39)38-24-13-14-26-40(38)46(41,36-20-9-3-10-21-36)37-22-11-4-12-23-37/h1-18,20-31,34H,19H2. The molecule has 3 nitrogen and oxygen atoms in total. The van der Waals surface area contributed by atoms with Crippen molar-refractivity contribution in [3.05, 3.63) is 210 Å². The van der Waals surface area contributed by atoms with E-state index in [4.69, 9.17) is 15.0 Å². The minimum atomic E-state index is -0.493. The van der Waals surface area contributed by atoms with Crippen LogP contribution in [0.2, 0.25) is 0 Å². The fourth-order valence-electron chi connectivity index (χ4n) is 7.70. The summed E-state index contributed by atoms with van der Waals surface area (Å²) >= 11 is 0. The molecule has 0 spiro atoms. The lowest BCUT2D eigenvalue weighted by molar-refractivity contribution is 0.763. The fraction of sp³-hybridized carbons (Fsp3) is 0.0652. The summed E-state index contributed by atoms with van der Waals surface area (Å²) in [5.41, 5.74) is 11.2. The number of fused-ring (bicyclic) bond motifs is 3. The molecule has 1 heterocycles. The van der Waals surface area contributed by atoms with Crippen LogP contribution in [-0.4, -0.2) is 15.0 Å². The van der Waals surface area contributed by atoms with E-state index in [1.165, 1.54) is 38.9 Å². The number of benzene rings is 6. The molecule has 0 radical (unpaired) electrons. The molecule has 1 atom stereocenters. The maximum atomic E-state index is 5.25. The number of aromatic nitrogens is 3. The maximum absolute atomic E-state index is 5.25. The first-order chi connectivity index (χ1) is 24.3. The summed E-state index contributed by atoms with van der Waals surface area (Å²) in [6.45, 7) is 0. The zero-order chi connectivity index (χ0) is 32.6. The molecule has 2 aliphatic carbocycles. The van der Waals surface area contributed by atoms with Gasteiger partial charge in [0, 0.05) is 17.0 Å². The van der Waals surface area contributed by atoms with E-state index in [-0.39, 0.29) is 5.92 Å². The van der Waals surface area contributed by atoms with Gasteiger partial charge < -0.3 is 0 Å². The van der Waals surface area contributed by atoms with Gasteiger partial charge in [-0.1, -0.05) is 182 Å². The van der Waals surface area contributed by atoms with E-state index in [1.54, 1.807) is 0 Å². The highest BCUT2D eigenvalue weighted by atomic mass is 15.0. The van der Waals surface area contributed by atoms with E-state index in [0.29, 0.717) is 11.6 Å². The molecule has 0 bridgehead atoms. The van der Waals surface area contributed by atoms with Crippen LogP contribution in [0.25, 0.3) is 45.0 Å². The number of hydrogen-bond acceptors (Lipinski definition) is 3. The highest BCUT2D eigenvalue weighted by Gasteiger charge is 2.47. The minimum Gasteiger partial charge on any atom is -0.212 e. The van der Waals surface area contributed by atoms with Gasteiger partial charge in [-0.15, -0.1) is 0 Å². The molecule has 232 valence electrons. The average molecular weight is 628 g/mol. The van der Waals surface area contributed by atoms with Crippen LogP contribution >= 0.6 is 0 Å². The average Bonchev–Trinajstić information content (AvgIpc) is 3.50. The minimum absolute atomic E-state index is 0.0749.